The van der Waals surface area contributed by atoms with Crippen LogP contribution in [0.4, 0.5) is 0 Å². The first kappa shape index (κ1) is 10.8. The van der Waals surface area contributed by atoms with Gasteiger partial charge in [-0.3, -0.25) is 4.40 Å². The fraction of sp³-hybridized carbons (Fsp3) is 0.571. The molecule has 0 amide bonds. The van der Waals surface area contributed by atoms with Crippen molar-refractivity contribution in [3.05, 3.63) is 29.3 Å². The van der Waals surface area contributed by atoms with Crippen LogP contribution >= 0.6 is 0 Å². The highest BCUT2D eigenvalue weighted by Gasteiger charge is 2.19. The largest absolute Gasteiger partial charge is 0.288 e. The van der Waals surface area contributed by atoms with Crippen molar-refractivity contribution in [2.45, 2.75) is 51.9 Å². The molecule has 0 bridgehead atoms. The smallest absolute Gasteiger partial charge is 0.234 e. The summed E-state index contributed by atoms with van der Waals surface area (Å²) in [5.74, 6) is 1.52. The van der Waals surface area contributed by atoms with Crippen molar-refractivity contribution >= 4 is 5.78 Å². The molecule has 3 nitrogen and oxygen atoms in total. The molecule has 0 unspecified atom stereocenters. The lowest BCUT2D eigenvalue weighted by molar-refractivity contribution is 0.438. The van der Waals surface area contributed by atoms with Gasteiger partial charge in [-0.05, 0) is 32.8 Å². The minimum atomic E-state index is 0.658. The Morgan fingerprint density at radius 2 is 1.88 bits per heavy atom. The molecule has 3 rings (SSSR count). The van der Waals surface area contributed by atoms with Crippen LogP contribution in [0.2, 0.25) is 0 Å². The maximum atomic E-state index is 4.71. The van der Waals surface area contributed by atoms with Crippen LogP contribution in [0.3, 0.4) is 0 Å². The Hall–Kier alpha value is -1.38. The minimum absolute atomic E-state index is 0.658. The molecular weight excluding hydrogens is 210 g/mol. The normalized spacial score (nSPS) is 17.8. The summed E-state index contributed by atoms with van der Waals surface area (Å²) in [6.07, 6.45) is 8.87. The Kier molecular flexibility index (Phi) is 2.61. The van der Waals surface area contributed by atoms with Crippen molar-refractivity contribution in [2.75, 3.05) is 0 Å². The van der Waals surface area contributed by atoms with E-state index >= 15 is 0 Å². The second kappa shape index (κ2) is 4.13. The number of imidazole rings is 1. The molecule has 0 atom stereocenters. The number of fused-ring (bicyclic) bond motifs is 1. The zero-order valence-electron chi connectivity index (χ0n) is 10.6. The van der Waals surface area contributed by atoms with Gasteiger partial charge in [-0.2, -0.15) is 0 Å². The van der Waals surface area contributed by atoms with Crippen LogP contribution in [-0.4, -0.2) is 14.4 Å². The Bertz CT molecular complexity index is 536. The third-order valence-electron chi connectivity index (χ3n) is 3.80. The monoisotopic (exact) mass is 229 g/mol. The van der Waals surface area contributed by atoms with Crippen LogP contribution in [0.1, 0.15) is 55.1 Å². The molecule has 17 heavy (non-hydrogen) atoms. The highest BCUT2D eigenvalue weighted by atomic mass is 15.1. The van der Waals surface area contributed by atoms with Crippen molar-refractivity contribution in [3.63, 3.8) is 0 Å². The highest BCUT2D eigenvalue weighted by Crippen LogP contribution is 2.32. The standard InChI is InChI=1S/C14H19N3/c1-10-8-11(2)17-9-13(16-14(17)15-10)12-6-4-3-5-7-12/h8-9,12H,3-7H2,1-2H3. The van der Waals surface area contributed by atoms with E-state index in [0.29, 0.717) is 5.92 Å². The number of rotatable bonds is 1. The average Bonchev–Trinajstić information content (AvgIpc) is 2.74. The Labute approximate surface area is 102 Å². The molecule has 0 radical (unpaired) electrons. The lowest BCUT2D eigenvalue weighted by Gasteiger charge is -2.19. The summed E-state index contributed by atoms with van der Waals surface area (Å²) >= 11 is 0. The highest BCUT2D eigenvalue weighted by molar-refractivity contribution is 5.35. The van der Waals surface area contributed by atoms with E-state index in [-0.39, 0.29) is 0 Å². The lowest BCUT2D eigenvalue weighted by Crippen LogP contribution is -2.04. The zero-order valence-corrected chi connectivity index (χ0v) is 10.6. The molecule has 2 aromatic heterocycles. The van der Waals surface area contributed by atoms with E-state index in [0.717, 1.165) is 11.5 Å². The maximum absolute atomic E-state index is 4.71. The predicted octanol–water partition coefficient (Wildman–Crippen LogP) is 3.39. The van der Waals surface area contributed by atoms with Gasteiger partial charge in [0.1, 0.15) is 0 Å². The first-order valence-electron chi connectivity index (χ1n) is 6.57. The minimum Gasteiger partial charge on any atom is -0.288 e. The van der Waals surface area contributed by atoms with Gasteiger partial charge < -0.3 is 0 Å². The fourth-order valence-electron chi connectivity index (χ4n) is 2.88. The van der Waals surface area contributed by atoms with E-state index in [2.05, 4.69) is 28.6 Å². The first-order valence-corrected chi connectivity index (χ1v) is 6.57. The van der Waals surface area contributed by atoms with Crippen LogP contribution < -0.4 is 0 Å². The SMILES string of the molecule is Cc1cc(C)n2cc(C3CCCCC3)nc2n1. The van der Waals surface area contributed by atoms with E-state index in [9.17, 15) is 0 Å². The van der Waals surface area contributed by atoms with Gasteiger partial charge in [-0.15, -0.1) is 0 Å². The van der Waals surface area contributed by atoms with Crippen LogP contribution in [-0.2, 0) is 0 Å². The summed E-state index contributed by atoms with van der Waals surface area (Å²) in [6, 6.07) is 2.11. The third-order valence-corrected chi connectivity index (χ3v) is 3.80. The molecule has 1 fully saturated rings. The molecule has 0 spiro atoms. The van der Waals surface area contributed by atoms with Gasteiger partial charge in [0, 0.05) is 23.5 Å². The average molecular weight is 229 g/mol. The van der Waals surface area contributed by atoms with Gasteiger partial charge in [0.15, 0.2) is 0 Å². The molecule has 0 aromatic carbocycles. The first-order chi connectivity index (χ1) is 8.24. The van der Waals surface area contributed by atoms with Crippen LogP contribution in [0.25, 0.3) is 5.78 Å². The molecule has 0 N–H and O–H groups in total. The summed E-state index contributed by atoms with van der Waals surface area (Å²) in [5.41, 5.74) is 3.52. The maximum Gasteiger partial charge on any atom is 0.234 e. The molecule has 90 valence electrons. The molecule has 0 aliphatic heterocycles. The fourth-order valence-corrected chi connectivity index (χ4v) is 2.88. The molecule has 3 heteroatoms. The van der Waals surface area contributed by atoms with E-state index in [1.165, 1.54) is 43.5 Å². The summed E-state index contributed by atoms with van der Waals surface area (Å²) < 4.78 is 2.12. The van der Waals surface area contributed by atoms with Crippen molar-refractivity contribution in [1.82, 2.24) is 14.4 Å². The quantitative estimate of drug-likeness (QED) is 0.750. The third kappa shape index (κ3) is 1.94. The Balaban J connectivity index is 2.03. The van der Waals surface area contributed by atoms with Gasteiger partial charge in [-0.25, -0.2) is 9.97 Å². The molecule has 0 saturated heterocycles. The van der Waals surface area contributed by atoms with Crippen LogP contribution in [0.15, 0.2) is 12.3 Å². The molecular formula is C14H19N3. The molecule has 1 aliphatic carbocycles. The Morgan fingerprint density at radius 3 is 2.65 bits per heavy atom. The van der Waals surface area contributed by atoms with Gasteiger partial charge in [0.05, 0.1) is 5.69 Å². The second-order valence-corrected chi connectivity index (χ2v) is 5.21. The molecule has 2 aromatic rings. The van der Waals surface area contributed by atoms with Crippen LogP contribution in [0.5, 0.6) is 0 Å². The Morgan fingerprint density at radius 1 is 1.12 bits per heavy atom. The van der Waals surface area contributed by atoms with Gasteiger partial charge >= 0.3 is 0 Å². The van der Waals surface area contributed by atoms with Crippen LogP contribution in [0, 0.1) is 13.8 Å². The van der Waals surface area contributed by atoms with Gasteiger partial charge in [0.2, 0.25) is 5.78 Å². The number of aryl methyl sites for hydroxylation is 2. The number of nitrogens with zero attached hydrogens (tertiary/aromatic N) is 3. The molecule has 1 saturated carbocycles. The van der Waals surface area contributed by atoms with Gasteiger partial charge in [0.25, 0.3) is 0 Å². The van der Waals surface area contributed by atoms with Gasteiger partial charge in [-0.1, -0.05) is 19.3 Å². The number of aromatic nitrogens is 3. The van der Waals surface area contributed by atoms with E-state index in [1.807, 2.05) is 6.92 Å². The van der Waals surface area contributed by atoms with Crippen molar-refractivity contribution in [2.24, 2.45) is 0 Å². The van der Waals surface area contributed by atoms with E-state index in [1.54, 1.807) is 0 Å². The van der Waals surface area contributed by atoms with Crippen molar-refractivity contribution in [3.8, 4) is 0 Å². The van der Waals surface area contributed by atoms with E-state index < -0.39 is 0 Å². The van der Waals surface area contributed by atoms with Crippen molar-refractivity contribution < 1.29 is 0 Å². The summed E-state index contributed by atoms with van der Waals surface area (Å²) in [5, 5.41) is 0. The number of hydrogen-bond acceptors (Lipinski definition) is 2. The van der Waals surface area contributed by atoms with Crippen molar-refractivity contribution in [1.29, 1.82) is 0 Å². The summed E-state index contributed by atoms with van der Waals surface area (Å²) in [4.78, 5) is 9.21. The summed E-state index contributed by atoms with van der Waals surface area (Å²) in [7, 11) is 0. The lowest BCUT2D eigenvalue weighted by atomic mass is 9.87. The molecule has 1 aliphatic rings. The predicted molar refractivity (Wildman–Crippen MR) is 68.3 cm³/mol. The second-order valence-electron chi connectivity index (χ2n) is 5.21. The molecule has 2 heterocycles. The van der Waals surface area contributed by atoms with E-state index in [4.69, 9.17) is 4.98 Å². The zero-order chi connectivity index (χ0) is 11.8. The summed E-state index contributed by atoms with van der Waals surface area (Å²) in [6.45, 7) is 4.15. The topological polar surface area (TPSA) is 30.2 Å². The number of hydrogen-bond donors (Lipinski definition) is 0.